The number of benzene rings is 2. The van der Waals surface area contributed by atoms with Crippen LogP contribution in [0.3, 0.4) is 0 Å². The van der Waals surface area contributed by atoms with Gasteiger partial charge in [-0.15, -0.1) is 0 Å². The lowest BCUT2D eigenvalue weighted by atomic mass is 9.91. The van der Waals surface area contributed by atoms with Crippen molar-refractivity contribution in [3.63, 3.8) is 0 Å². The Labute approximate surface area is 153 Å². The highest BCUT2D eigenvalue weighted by Crippen LogP contribution is 2.41. The van der Waals surface area contributed by atoms with E-state index in [-0.39, 0.29) is 13.2 Å². The van der Waals surface area contributed by atoms with Gasteiger partial charge in [0.25, 0.3) is 0 Å². The molecule has 0 unspecified atom stereocenters. The van der Waals surface area contributed by atoms with Crippen LogP contribution in [0.4, 0.5) is 0 Å². The molecular weight excluding hydrogens is 336 g/mol. The van der Waals surface area contributed by atoms with Gasteiger partial charge in [0.15, 0.2) is 23.0 Å². The number of aliphatic hydroxyl groups excluding tert-OH is 2. The fourth-order valence-electron chi connectivity index (χ4n) is 3.00. The molecule has 0 radical (unpaired) electrons. The molecular formula is C20H26O6. The maximum atomic E-state index is 9.48. The van der Waals surface area contributed by atoms with Crippen molar-refractivity contribution in [1.82, 2.24) is 0 Å². The third-order valence-corrected chi connectivity index (χ3v) is 4.27. The summed E-state index contributed by atoms with van der Waals surface area (Å²) in [5.74, 6) is 2.38. The molecule has 6 heteroatoms. The Morgan fingerprint density at radius 2 is 0.885 bits per heavy atom. The molecule has 0 aliphatic carbocycles. The molecule has 0 saturated heterocycles. The zero-order valence-corrected chi connectivity index (χ0v) is 15.7. The lowest BCUT2D eigenvalue weighted by Crippen LogP contribution is -2.03. The van der Waals surface area contributed by atoms with E-state index in [0.29, 0.717) is 35.8 Å². The molecule has 6 nitrogen and oxygen atoms in total. The third kappa shape index (κ3) is 4.03. The van der Waals surface area contributed by atoms with E-state index in [1.165, 1.54) is 0 Å². The van der Waals surface area contributed by atoms with Gasteiger partial charge in [-0.2, -0.15) is 0 Å². The van der Waals surface area contributed by atoms with Crippen LogP contribution in [0, 0.1) is 0 Å². The molecule has 2 N–H and O–H groups in total. The average molecular weight is 362 g/mol. The van der Waals surface area contributed by atoms with E-state index < -0.39 is 0 Å². The van der Waals surface area contributed by atoms with Crippen LogP contribution in [0.5, 0.6) is 23.0 Å². The molecule has 26 heavy (non-hydrogen) atoms. The summed E-state index contributed by atoms with van der Waals surface area (Å²) >= 11 is 0. The molecule has 2 aromatic carbocycles. The van der Waals surface area contributed by atoms with Gasteiger partial charge in [-0.3, -0.25) is 0 Å². The van der Waals surface area contributed by atoms with Crippen LogP contribution in [-0.2, 0) is 12.8 Å². The summed E-state index contributed by atoms with van der Waals surface area (Å²) in [5, 5.41) is 19.0. The fourth-order valence-corrected chi connectivity index (χ4v) is 3.00. The minimum Gasteiger partial charge on any atom is -0.493 e. The first-order chi connectivity index (χ1) is 12.6. The average Bonchev–Trinajstić information content (AvgIpc) is 2.67. The minimum absolute atomic E-state index is 0.00507. The van der Waals surface area contributed by atoms with E-state index in [1.807, 2.05) is 24.3 Å². The van der Waals surface area contributed by atoms with Gasteiger partial charge < -0.3 is 29.2 Å². The molecule has 0 fully saturated rings. The quantitative estimate of drug-likeness (QED) is 0.714. The van der Waals surface area contributed by atoms with Crippen LogP contribution in [-0.4, -0.2) is 51.9 Å². The third-order valence-electron chi connectivity index (χ3n) is 4.27. The lowest BCUT2D eigenvalue weighted by molar-refractivity contribution is 0.298. The number of aliphatic hydroxyl groups is 2. The van der Waals surface area contributed by atoms with Crippen molar-refractivity contribution in [3.8, 4) is 34.1 Å². The highest BCUT2D eigenvalue weighted by Gasteiger charge is 2.18. The standard InChI is InChI=1S/C20H26O6/c1-23-17-9-13(5-7-21)15(11-19(17)25-3)16-12-20(26-4)18(24-2)10-14(16)6-8-22/h9-12,21-22H,5-8H2,1-4H3. The van der Waals surface area contributed by atoms with Gasteiger partial charge in [-0.1, -0.05) is 0 Å². The second-order valence-corrected chi connectivity index (χ2v) is 5.68. The van der Waals surface area contributed by atoms with Crippen LogP contribution < -0.4 is 18.9 Å². The predicted octanol–water partition coefficient (Wildman–Crippen LogP) is 2.46. The Kier molecular flexibility index (Phi) is 7.12. The Morgan fingerprint density at radius 3 is 1.15 bits per heavy atom. The van der Waals surface area contributed by atoms with Crippen molar-refractivity contribution >= 4 is 0 Å². The van der Waals surface area contributed by atoms with Crippen molar-refractivity contribution in [2.75, 3.05) is 41.7 Å². The number of methoxy groups -OCH3 is 4. The van der Waals surface area contributed by atoms with Crippen LogP contribution in [0.15, 0.2) is 24.3 Å². The van der Waals surface area contributed by atoms with Gasteiger partial charge in [-0.05, 0) is 59.4 Å². The van der Waals surface area contributed by atoms with Gasteiger partial charge in [0.1, 0.15) is 0 Å². The maximum absolute atomic E-state index is 9.48. The van der Waals surface area contributed by atoms with Crippen LogP contribution >= 0.6 is 0 Å². The van der Waals surface area contributed by atoms with Gasteiger partial charge in [0, 0.05) is 13.2 Å². The molecule has 0 saturated carbocycles. The van der Waals surface area contributed by atoms with Crippen molar-refractivity contribution in [1.29, 1.82) is 0 Å². The Bertz CT molecular complexity index is 678. The molecule has 2 rings (SSSR count). The summed E-state index contributed by atoms with van der Waals surface area (Å²) in [5.41, 5.74) is 3.61. The van der Waals surface area contributed by atoms with E-state index in [0.717, 1.165) is 22.3 Å². The molecule has 0 aliphatic rings. The summed E-state index contributed by atoms with van der Waals surface area (Å²) < 4.78 is 21.6. The summed E-state index contributed by atoms with van der Waals surface area (Å²) in [7, 11) is 6.31. The number of rotatable bonds is 9. The van der Waals surface area contributed by atoms with Crippen LogP contribution in [0.2, 0.25) is 0 Å². The molecule has 0 heterocycles. The minimum atomic E-state index is 0.00507. The van der Waals surface area contributed by atoms with Gasteiger partial charge >= 0.3 is 0 Å². The van der Waals surface area contributed by atoms with Crippen molar-refractivity contribution in [3.05, 3.63) is 35.4 Å². The highest BCUT2D eigenvalue weighted by atomic mass is 16.5. The van der Waals surface area contributed by atoms with Gasteiger partial charge in [-0.25, -0.2) is 0 Å². The highest BCUT2D eigenvalue weighted by molar-refractivity contribution is 5.76. The smallest absolute Gasteiger partial charge is 0.161 e. The number of hydrogen-bond acceptors (Lipinski definition) is 6. The topological polar surface area (TPSA) is 77.4 Å². The Morgan fingerprint density at radius 1 is 0.577 bits per heavy atom. The van der Waals surface area contributed by atoms with Crippen molar-refractivity contribution in [2.24, 2.45) is 0 Å². The number of hydrogen-bond donors (Lipinski definition) is 2. The second-order valence-electron chi connectivity index (χ2n) is 5.68. The lowest BCUT2D eigenvalue weighted by Gasteiger charge is -2.19. The van der Waals surface area contributed by atoms with E-state index in [2.05, 4.69) is 0 Å². The van der Waals surface area contributed by atoms with Crippen molar-refractivity contribution < 1.29 is 29.2 Å². The summed E-state index contributed by atoms with van der Waals surface area (Å²) in [4.78, 5) is 0. The van der Waals surface area contributed by atoms with E-state index in [9.17, 15) is 10.2 Å². The largest absolute Gasteiger partial charge is 0.493 e. The summed E-state index contributed by atoms with van der Waals surface area (Å²) in [6.45, 7) is 0.0101. The first kappa shape index (κ1) is 19.9. The summed E-state index contributed by atoms with van der Waals surface area (Å²) in [6.07, 6.45) is 0.922. The van der Waals surface area contributed by atoms with Gasteiger partial charge in [0.05, 0.1) is 28.4 Å². The second kappa shape index (κ2) is 9.31. The molecule has 0 amide bonds. The molecule has 0 aromatic heterocycles. The first-order valence-corrected chi connectivity index (χ1v) is 8.35. The zero-order valence-electron chi connectivity index (χ0n) is 15.7. The van der Waals surface area contributed by atoms with Crippen LogP contribution in [0.25, 0.3) is 11.1 Å². The Hall–Kier alpha value is -2.44. The Balaban J connectivity index is 2.75. The monoisotopic (exact) mass is 362 g/mol. The van der Waals surface area contributed by atoms with E-state index in [4.69, 9.17) is 18.9 Å². The predicted molar refractivity (Wildman–Crippen MR) is 99.7 cm³/mol. The first-order valence-electron chi connectivity index (χ1n) is 8.35. The summed E-state index contributed by atoms with van der Waals surface area (Å²) in [6, 6.07) is 7.49. The van der Waals surface area contributed by atoms with E-state index in [1.54, 1.807) is 28.4 Å². The molecule has 2 aromatic rings. The van der Waals surface area contributed by atoms with Gasteiger partial charge in [0.2, 0.25) is 0 Å². The molecule has 0 aliphatic heterocycles. The molecule has 0 spiro atoms. The zero-order chi connectivity index (χ0) is 19.1. The fraction of sp³-hybridized carbons (Fsp3) is 0.400. The molecule has 0 atom stereocenters. The normalized spacial score (nSPS) is 10.5. The van der Waals surface area contributed by atoms with Crippen LogP contribution in [0.1, 0.15) is 11.1 Å². The van der Waals surface area contributed by atoms with Crippen molar-refractivity contribution in [2.45, 2.75) is 12.8 Å². The molecule has 142 valence electrons. The maximum Gasteiger partial charge on any atom is 0.161 e. The number of ether oxygens (including phenoxy) is 4. The van der Waals surface area contributed by atoms with E-state index >= 15 is 0 Å². The molecule has 0 bridgehead atoms. The SMILES string of the molecule is COc1cc(CCO)c(-c2cc(OC)c(OC)cc2CCO)cc1OC.